The molecule has 6 rings (SSSR count). The highest BCUT2D eigenvalue weighted by Gasteiger charge is 2.30. The zero-order valence-electron chi connectivity index (χ0n) is 28.5. The average Bonchev–Trinajstić information content (AvgIpc) is 3.31. The smallest absolute Gasteiger partial charge is 0.129 e. The molecule has 0 N–H and O–H groups in total. The van der Waals surface area contributed by atoms with Gasteiger partial charge >= 0.3 is 0 Å². The zero-order chi connectivity index (χ0) is 32.3. The Hall–Kier alpha value is -4.38. The minimum absolute atomic E-state index is 0.942. The topological polar surface area (TPSA) is 16.2 Å². The summed E-state index contributed by atoms with van der Waals surface area (Å²) in [5, 5.41) is 0. The number of likely N-dealkylation sites (N-methyl/N-ethyl adjacent to an activating group) is 1. The van der Waals surface area contributed by atoms with Crippen LogP contribution in [0.3, 0.4) is 0 Å². The Morgan fingerprint density at radius 3 is 2.28 bits per heavy atom. The van der Waals surface area contributed by atoms with Crippen molar-refractivity contribution >= 4 is 11.4 Å². The van der Waals surface area contributed by atoms with Crippen LogP contribution < -0.4 is 9.80 Å². The van der Waals surface area contributed by atoms with Crippen LogP contribution in [0.1, 0.15) is 38.7 Å². The molecule has 242 valence electrons. The van der Waals surface area contributed by atoms with Crippen LogP contribution in [0.5, 0.6) is 0 Å². The third-order valence-electron chi connectivity index (χ3n) is 9.26. The van der Waals surface area contributed by atoms with Crippen LogP contribution in [-0.2, 0) is 0 Å². The normalized spacial score (nSPS) is 19.0. The summed E-state index contributed by atoms with van der Waals surface area (Å²) in [6.45, 7) is 18.8. The second kappa shape index (κ2) is 16.3. The van der Waals surface area contributed by atoms with E-state index < -0.39 is 0 Å². The van der Waals surface area contributed by atoms with E-state index >= 15 is 0 Å². The van der Waals surface area contributed by atoms with Gasteiger partial charge in [-0.3, -0.25) is 0 Å². The van der Waals surface area contributed by atoms with Crippen LogP contribution in [0.15, 0.2) is 138 Å². The van der Waals surface area contributed by atoms with Gasteiger partial charge in [0.1, 0.15) is 5.82 Å². The number of nitrogens with zero attached hydrogens (tertiary/aromatic N) is 5. The van der Waals surface area contributed by atoms with Gasteiger partial charge in [0.05, 0.1) is 5.70 Å². The van der Waals surface area contributed by atoms with E-state index in [-0.39, 0.29) is 0 Å². The summed E-state index contributed by atoms with van der Waals surface area (Å²) >= 11 is 0. The van der Waals surface area contributed by atoms with Gasteiger partial charge in [0.15, 0.2) is 0 Å². The van der Waals surface area contributed by atoms with Crippen molar-refractivity contribution in [1.82, 2.24) is 14.7 Å². The van der Waals surface area contributed by atoms with E-state index in [9.17, 15) is 0 Å². The Kier molecular flexibility index (Phi) is 11.7. The van der Waals surface area contributed by atoms with Crippen molar-refractivity contribution in [3.8, 4) is 0 Å². The lowest BCUT2D eigenvalue weighted by Gasteiger charge is -2.46. The van der Waals surface area contributed by atoms with E-state index in [4.69, 9.17) is 0 Å². The molecule has 4 aliphatic rings. The summed E-state index contributed by atoms with van der Waals surface area (Å²) in [6, 6.07) is 19.7. The number of rotatable bonds is 7. The number of piperazine rings is 1. The van der Waals surface area contributed by atoms with Crippen molar-refractivity contribution in [2.75, 3.05) is 69.2 Å². The van der Waals surface area contributed by atoms with Crippen LogP contribution in [0.25, 0.3) is 0 Å². The third kappa shape index (κ3) is 8.66. The predicted molar refractivity (Wildman–Crippen MR) is 198 cm³/mol. The number of hydrogen-bond acceptors (Lipinski definition) is 5. The third-order valence-corrected chi connectivity index (χ3v) is 9.26. The van der Waals surface area contributed by atoms with E-state index in [1.807, 2.05) is 12.2 Å². The first kappa shape index (κ1) is 33.0. The summed E-state index contributed by atoms with van der Waals surface area (Å²) < 4.78 is 0. The first-order valence-corrected chi connectivity index (χ1v) is 17.0. The molecule has 2 aromatic rings. The van der Waals surface area contributed by atoms with Crippen LogP contribution in [0.2, 0.25) is 0 Å². The molecule has 3 heterocycles. The number of benzene rings is 2. The zero-order valence-corrected chi connectivity index (χ0v) is 28.5. The Morgan fingerprint density at radius 2 is 1.54 bits per heavy atom. The molecule has 0 spiro atoms. The summed E-state index contributed by atoms with van der Waals surface area (Å²) in [4.78, 5) is 12.5. The molecule has 5 heteroatoms. The summed E-state index contributed by atoms with van der Waals surface area (Å²) in [5.41, 5.74) is 9.41. The van der Waals surface area contributed by atoms with Crippen molar-refractivity contribution in [3.05, 3.63) is 144 Å². The molecule has 5 nitrogen and oxygen atoms in total. The highest BCUT2D eigenvalue weighted by Crippen LogP contribution is 2.34. The molecule has 46 heavy (non-hydrogen) atoms. The highest BCUT2D eigenvalue weighted by atomic mass is 15.4. The average molecular weight is 616 g/mol. The van der Waals surface area contributed by atoms with Crippen LogP contribution in [0.4, 0.5) is 11.4 Å². The van der Waals surface area contributed by atoms with Gasteiger partial charge in [0.25, 0.3) is 0 Å². The first-order chi connectivity index (χ1) is 22.4. The second-order valence-electron chi connectivity index (χ2n) is 12.7. The summed E-state index contributed by atoms with van der Waals surface area (Å²) in [7, 11) is 2.23. The van der Waals surface area contributed by atoms with Crippen molar-refractivity contribution in [3.63, 3.8) is 0 Å². The monoisotopic (exact) mass is 615 g/mol. The standard InChI is InChI=1S/C23H31N3.C18H22N2/c1-5-8-19(2)9-6-15-25-18-17-24(4)22-10-7-16-26(23(22)25)21-13-11-20(3)12-14-21;1-16-6-5-9-18(11-10-16)20-14-12-19(13-15-20)17-7-3-2-4-8-17/h5-6,8-9,11-14H,1,7,10,15-18H2,2-4H3;2-4,6-11H,5,12-15H2,1H3/b9-6-,19-8-;. The highest BCUT2D eigenvalue weighted by molar-refractivity contribution is 5.54. The quantitative estimate of drug-likeness (QED) is 0.291. The molecule has 1 aliphatic carbocycles. The lowest BCUT2D eigenvalue weighted by atomic mass is 10.1. The molecule has 0 unspecified atom stereocenters. The Bertz CT molecular complexity index is 1480. The fraction of sp³-hybridized carbons (Fsp3) is 0.366. The molecule has 0 bridgehead atoms. The fourth-order valence-electron chi connectivity index (χ4n) is 6.58. The van der Waals surface area contributed by atoms with Gasteiger partial charge < -0.3 is 24.5 Å². The summed E-state index contributed by atoms with van der Waals surface area (Å²) in [5.74, 6) is 1.39. The Morgan fingerprint density at radius 1 is 0.804 bits per heavy atom. The molecule has 2 aromatic carbocycles. The van der Waals surface area contributed by atoms with Gasteiger partial charge in [-0.05, 0) is 70.4 Å². The second-order valence-corrected chi connectivity index (χ2v) is 12.7. The van der Waals surface area contributed by atoms with Crippen molar-refractivity contribution < 1.29 is 0 Å². The van der Waals surface area contributed by atoms with Crippen LogP contribution >= 0.6 is 0 Å². The van der Waals surface area contributed by atoms with Gasteiger partial charge in [0.2, 0.25) is 0 Å². The van der Waals surface area contributed by atoms with Crippen LogP contribution in [-0.4, -0.2) is 74.1 Å². The Balaban J connectivity index is 0.000000187. The molecular weight excluding hydrogens is 562 g/mol. The maximum Gasteiger partial charge on any atom is 0.129 e. The first-order valence-electron chi connectivity index (χ1n) is 17.0. The number of aryl methyl sites for hydroxylation is 1. The van der Waals surface area contributed by atoms with Gasteiger partial charge in [-0.25, -0.2) is 0 Å². The minimum atomic E-state index is 0.942. The number of hydrogen-bond donors (Lipinski definition) is 0. The molecule has 0 radical (unpaired) electrons. The molecular formula is C41H53N5. The molecule has 0 amide bonds. The largest absolute Gasteiger partial charge is 0.373 e. The molecule has 1 fully saturated rings. The van der Waals surface area contributed by atoms with Crippen molar-refractivity contribution in [2.24, 2.45) is 0 Å². The number of anilines is 2. The number of para-hydroxylation sites is 1. The lowest BCUT2D eigenvalue weighted by Crippen LogP contribution is -2.48. The van der Waals surface area contributed by atoms with E-state index in [0.29, 0.717) is 0 Å². The Labute approximate surface area is 278 Å². The van der Waals surface area contributed by atoms with Gasteiger partial charge in [-0.15, -0.1) is 0 Å². The van der Waals surface area contributed by atoms with Crippen LogP contribution in [0, 0.1) is 6.92 Å². The molecule has 0 aromatic heterocycles. The van der Waals surface area contributed by atoms with Crippen molar-refractivity contribution in [1.29, 1.82) is 0 Å². The molecule has 0 atom stereocenters. The van der Waals surface area contributed by atoms with Gasteiger partial charge in [0, 0.05) is 76.5 Å². The molecule has 3 aliphatic heterocycles. The van der Waals surface area contributed by atoms with E-state index in [0.717, 1.165) is 58.8 Å². The van der Waals surface area contributed by atoms with E-state index in [1.54, 1.807) is 0 Å². The maximum atomic E-state index is 3.77. The minimum Gasteiger partial charge on any atom is -0.373 e. The van der Waals surface area contributed by atoms with Gasteiger partial charge in [-0.2, -0.15) is 0 Å². The van der Waals surface area contributed by atoms with E-state index in [2.05, 4.69) is 150 Å². The maximum absolute atomic E-state index is 3.77. The number of allylic oxidation sites excluding steroid dienone is 10. The van der Waals surface area contributed by atoms with Gasteiger partial charge in [-0.1, -0.05) is 96.2 Å². The predicted octanol–water partition coefficient (Wildman–Crippen LogP) is 8.30. The molecule has 1 saturated heterocycles. The van der Waals surface area contributed by atoms with Crippen molar-refractivity contribution in [2.45, 2.75) is 40.0 Å². The summed E-state index contributed by atoms with van der Waals surface area (Å²) in [6.07, 6.45) is 20.9. The van der Waals surface area contributed by atoms with E-state index in [1.165, 1.54) is 58.1 Å². The fourth-order valence-corrected chi connectivity index (χ4v) is 6.58. The molecule has 0 saturated carbocycles. The SMILES string of the molecule is C=C/C=C(C)\C=C/CN1CCN(C)C2=C1N(c1ccc(C)cc1)CCC2.CC1=CCC=C(N2CCN(c3ccccc3)CC2)C=C1. The lowest BCUT2D eigenvalue weighted by molar-refractivity contribution is 0.236.